The van der Waals surface area contributed by atoms with Crippen molar-refractivity contribution < 1.29 is 18.8 Å². The van der Waals surface area contributed by atoms with Crippen LogP contribution in [0.5, 0.6) is 0 Å². The van der Waals surface area contributed by atoms with Crippen molar-refractivity contribution in [1.82, 2.24) is 4.90 Å². The molecule has 0 N–H and O–H groups in total. The fraction of sp³-hybridized carbons (Fsp3) is 0.333. The third-order valence-electron chi connectivity index (χ3n) is 2.88. The minimum absolute atomic E-state index is 0.0316. The van der Waals surface area contributed by atoms with Crippen molar-refractivity contribution in [2.45, 2.75) is 6.10 Å². The molecule has 1 aromatic carbocycles. The second kappa shape index (κ2) is 5.63. The Morgan fingerprint density at radius 1 is 1.60 bits per heavy atom. The zero-order chi connectivity index (χ0) is 14.7. The average Bonchev–Trinajstić information content (AvgIpc) is 2.46. The van der Waals surface area contributed by atoms with Gasteiger partial charge in [-0.1, -0.05) is 0 Å². The SMILES string of the molecule is N#CC1CN(C(=O)c2ccc(F)cc2[N+](=O)[O-])CCO1. The van der Waals surface area contributed by atoms with Crippen molar-refractivity contribution in [1.29, 1.82) is 5.26 Å². The van der Waals surface area contributed by atoms with Gasteiger partial charge in [0.15, 0.2) is 6.10 Å². The summed E-state index contributed by atoms with van der Waals surface area (Å²) in [5.74, 6) is -1.40. The minimum Gasteiger partial charge on any atom is -0.360 e. The molecule has 1 fully saturated rings. The Hall–Kier alpha value is -2.53. The number of nitro benzene ring substituents is 1. The number of hydrogen-bond donors (Lipinski definition) is 0. The summed E-state index contributed by atoms with van der Waals surface area (Å²) in [5, 5.41) is 19.6. The van der Waals surface area contributed by atoms with Crippen molar-refractivity contribution in [3.05, 3.63) is 39.7 Å². The Balaban J connectivity index is 2.29. The largest absolute Gasteiger partial charge is 0.360 e. The number of rotatable bonds is 2. The molecule has 1 aliphatic rings. The molecule has 0 saturated carbocycles. The van der Waals surface area contributed by atoms with E-state index in [1.165, 1.54) is 4.90 Å². The van der Waals surface area contributed by atoms with E-state index in [2.05, 4.69) is 0 Å². The molecule has 104 valence electrons. The minimum atomic E-state index is -0.807. The van der Waals surface area contributed by atoms with Crippen molar-refractivity contribution in [3.63, 3.8) is 0 Å². The van der Waals surface area contributed by atoms with E-state index < -0.39 is 28.4 Å². The third-order valence-corrected chi connectivity index (χ3v) is 2.88. The van der Waals surface area contributed by atoms with Gasteiger partial charge in [0, 0.05) is 6.54 Å². The zero-order valence-corrected chi connectivity index (χ0v) is 10.3. The van der Waals surface area contributed by atoms with E-state index >= 15 is 0 Å². The van der Waals surface area contributed by atoms with Gasteiger partial charge in [-0.2, -0.15) is 5.26 Å². The number of halogens is 1. The lowest BCUT2D eigenvalue weighted by Gasteiger charge is -2.29. The van der Waals surface area contributed by atoms with E-state index in [9.17, 15) is 19.3 Å². The number of benzene rings is 1. The Morgan fingerprint density at radius 2 is 2.35 bits per heavy atom. The van der Waals surface area contributed by atoms with Gasteiger partial charge in [-0.3, -0.25) is 14.9 Å². The predicted octanol–water partition coefficient (Wildman–Crippen LogP) is 1.10. The van der Waals surface area contributed by atoms with E-state index in [1.54, 1.807) is 0 Å². The molecule has 0 radical (unpaired) electrons. The molecule has 1 atom stereocenters. The van der Waals surface area contributed by atoms with Gasteiger partial charge in [0.1, 0.15) is 11.4 Å². The lowest BCUT2D eigenvalue weighted by atomic mass is 10.1. The summed E-state index contributed by atoms with van der Waals surface area (Å²) < 4.78 is 18.1. The van der Waals surface area contributed by atoms with E-state index in [0.717, 1.165) is 12.1 Å². The maximum atomic E-state index is 13.0. The highest BCUT2D eigenvalue weighted by Gasteiger charge is 2.29. The van der Waals surface area contributed by atoms with Crippen molar-refractivity contribution in [3.8, 4) is 6.07 Å². The molecule has 1 heterocycles. The fourth-order valence-corrected chi connectivity index (χ4v) is 1.92. The Labute approximate surface area is 113 Å². The maximum absolute atomic E-state index is 13.0. The van der Waals surface area contributed by atoms with Crippen LogP contribution in [0.2, 0.25) is 0 Å². The quantitative estimate of drug-likeness (QED) is 0.596. The molecule has 1 saturated heterocycles. The first kappa shape index (κ1) is 13.9. The van der Waals surface area contributed by atoms with Gasteiger partial charge in [-0.05, 0) is 12.1 Å². The Bertz CT molecular complexity index is 599. The van der Waals surface area contributed by atoms with Crippen LogP contribution in [0.3, 0.4) is 0 Å². The van der Waals surface area contributed by atoms with Crippen molar-refractivity contribution >= 4 is 11.6 Å². The standard InChI is InChI=1S/C12H10FN3O4/c13-8-1-2-10(11(5-8)16(18)19)12(17)15-3-4-20-9(6-14)7-15/h1-2,5,9H,3-4,7H2. The molecule has 20 heavy (non-hydrogen) atoms. The number of hydrogen-bond acceptors (Lipinski definition) is 5. The van der Waals surface area contributed by atoms with Gasteiger partial charge in [-0.15, -0.1) is 0 Å². The van der Waals surface area contributed by atoms with E-state index in [-0.39, 0.29) is 25.3 Å². The Kier molecular flexibility index (Phi) is 3.91. The molecule has 7 nitrogen and oxygen atoms in total. The number of nitro groups is 1. The van der Waals surface area contributed by atoms with E-state index in [4.69, 9.17) is 10.00 Å². The van der Waals surface area contributed by atoms with Crippen LogP contribution in [-0.2, 0) is 4.74 Å². The normalized spacial score (nSPS) is 18.4. The van der Waals surface area contributed by atoms with Crippen molar-refractivity contribution in [2.24, 2.45) is 0 Å². The van der Waals surface area contributed by atoms with Gasteiger partial charge in [0.25, 0.3) is 11.6 Å². The van der Waals surface area contributed by atoms with Crippen LogP contribution >= 0.6 is 0 Å². The molecule has 1 aromatic rings. The molecule has 1 amide bonds. The topological polar surface area (TPSA) is 96.5 Å². The van der Waals surface area contributed by atoms with Crippen LogP contribution in [-0.4, -0.2) is 41.5 Å². The second-order valence-corrected chi connectivity index (χ2v) is 4.16. The molecule has 0 aromatic heterocycles. The van der Waals surface area contributed by atoms with Crippen LogP contribution in [0.25, 0.3) is 0 Å². The van der Waals surface area contributed by atoms with Crippen molar-refractivity contribution in [2.75, 3.05) is 19.7 Å². The number of amides is 1. The van der Waals surface area contributed by atoms with E-state index in [1.807, 2.05) is 6.07 Å². The van der Waals surface area contributed by atoms with Crippen LogP contribution in [0.4, 0.5) is 10.1 Å². The molecule has 0 bridgehead atoms. The third kappa shape index (κ3) is 2.73. The number of nitrogens with zero attached hydrogens (tertiary/aromatic N) is 3. The molecule has 1 aliphatic heterocycles. The van der Waals surface area contributed by atoms with Gasteiger partial charge in [-0.25, -0.2) is 4.39 Å². The first-order chi connectivity index (χ1) is 9.52. The fourth-order valence-electron chi connectivity index (χ4n) is 1.92. The highest BCUT2D eigenvalue weighted by atomic mass is 19.1. The summed E-state index contributed by atoms with van der Waals surface area (Å²) in [6.45, 7) is 0.439. The molecule has 0 spiro atoms. The van der Waals surface area contributed by atoms with E-state index in [0.29, 0.717) is 6.07 Å². The zero-order valence-electron chi connectivity index (χ0n) is 10.3. The highest BCUT2D eigenvalue weighted by molar-refractivity contribution is 5.98. The van der Waals surface area contributed by atoms with Crippen LogP contribution in [0, 0.1) is 27.3 Å². The van der Waals surface area contributed by atoms with Crippen LogP contribution in [0.1, 0.15) is 10.4 Å². The number of carbonyl (C=O) groups excluding carboxylic acids is 1. The first-order valence-corrected chi connectivity index (χ1v) is 5.77. The summed E-state index contributed by atoms with van der Waals surface area (Å²) in [6, 6.07) is 4.65. The molecule has 2 rings (SSSR count). The highest BCUT2D eigenvalue weighted by Crippen LogP contribution is 2.22. The first-order valence-electron chi connectivity index (χ1n) is 5.77. The Morgan fingerprint density at radius 3 is 3.00 bits per heavy atom. The lowest BCUT2D eigenvalue weighted by Crippen LogP contribution is -2.45. The summed E-state index contributed by atoms with van der Waals surface area (Å²) in [7, 11) is 0. The maximum Gasteiger partial charge on any atom is 0.285 e. The second-order valence-electron chi connectivity index (χ2n) is 4.16. The smallest absolute Gasteiger partial charge is 0.285 e. The summed E-state index contributed by atoms with van der Waals surface area (Å²) in [6.07, 6.45) is -0.757. The molecular weight excluding hydrogens is 269 g/mol. The number of morpholine rings is 1. The summed E-state index contributed by atoms with van der Waals surface area (Å²) in [5.41, 5.74) is -0.787. The number of ether oxygens (including phenoxy) is 1. The summed E-state index contributed by atoms with van der Waals surface area (Å²) >= 11 is 0. The average molecular weight is 279 g/mol. The van der Waals surface area contributed by atoms with Gasteiger partial charge in [0.2, 0.25) is 0 Å². The van der Waals surface area contributed by atoms with Crippen LogP contribution in [0.15, 0.2) is 18.2 Å². The predicted molar refractivity (Wildman–Crippen MR) is 64.3 cm³/mol. The number of nitriles is 1. The summed E-state index contributed by atoms with van der Waals surface area (Å²) in [4.78, 5) is 23.6. The molecule has 0 aliphatic carbocycles. The van der Waals surface area contributed by atoms with Gasteiger partial charge in [0.05, 0.1) is 30.2 Å². The lowest BCUT2D eigenvalue weighted by molar-refractivity contribution is -0.385. The molecule has 8 heteroatoms. The van der Waals surface area contributed by atoms with Gasteiger partial charge >= 0.3 is 0 Å². The van der Waals surface area contributed by atoms with Gasteiger partial charge < -0.3 is 9.64 Å². The number of carbonyl (C=O) groups is 1. The monoisotopic (exact) mass is 279 g/mol. The van der Waals surface area contributed by atoms with Crippen LogP contribution < -0.4 is 0 Å². The molecular formula is C12H10FN3O4. The molecule has 1 unspecified atom stereocenters.